The van der Waals surface area contributed by atoms with Crippen molar-refractivity contribution in [1.29, 1.82) is 0 Å². The highest BCUT2D eigenvalue weighted by Crippen LogP contribution is 2.28. The molecule has 1 N–H and O–H groups in total. The van der Waals surface area contributed by atoms with E-state index in [1.807, 2.05) is 19.1 Å². The summed E-state index contributed by atoms with van der Waals surface area (Å²) in [6, 6.07) is 3.82. The average Bonchev–Trinajstić information content (AvgIpc) is 2.24. The fourth-order valence-corrected chi connectivity index (χ4v) is 2.15. The predicted octanol–water partition coefficient (Wildman–Crippen LogP) is 3.68. The van der Waals surface area contributed by atoms with E-state index in [1.165, 1.54) is 0 Å². The number of halogens is 1. The van der Waals surface area contributed by atoms with Gasteiger partial charge in [-0.1, -0.05) is 27.8 Å². The maximum Gasteiger partial charge on any atom is 0.149 e. The molecule has 2 nitrogen and oxygen atoms in total. The molecule has 0 saturated heterocycles. The van der Waals surface area contributed by atoms with Crippen molar-refractivity contribution in [3.05, 3.63) is 27.7 Å². The first-order valence-electron chi connectivity index (χ1n) is 5.86. The number of hydrogen-bond acceptors (Lipinski definition) is 2. The molecule has 3 heteroatoms. The molecule has 0 spiro atoms. The lowest BCUT2D eigenvalue weighted by molar-refractivity contribution is 0.270. The molecule has 0 heterocycles. The van der Waals surface area contributed by atoms with Crippen LogP contribution in [-0.2, 0) is 6.61 Å². The summed E-state index contributed by atoms with van der Waals surface area (Å²) in [4.78, 5) is 0. The summed E-state index contributed by atoms with van der Waals surface area (Å²) in [7, 11) is 0. The number of aliphatic hydroxyl groups is 1. The molecule has 0 aliphatic carbocycles. The van der Waals surface area contributed by atoms with E-state index in [2.05, 4.69) is 48.5 Å². The van der Waals surface area contributed by atoms with E-state index in [-0.39, 0.29) is 12.0 Å². The van der Waals surface area contributed by atoms with Gasteiger partial charge in [-0.2, -0.15) is 0 Å². The van der Waals surface area contributed by atoms with Crippen LogP contribution < -0.4 is 4.74 Å². The van der Waals surface area contributed by atoms with Crippen LogP contribution in [0.15, 0.2) is 16.6 Å². The predicted molar refractivity (Wildman–Crippen MR) is 77.5 cm³/mol. The molecule has 0 aromatic heterocycles. The molecule has 1 rings (SSSR count). The summed E-state index contributed by atoms with van der Waals surface area (Å²) in [6.07, 6.45) is 0. The Morgan fingerprint density at radius 1 is 1.33 bits per heavy atom. The molecule has 1 aromatic rings. The third-order valence-electron chi connectivity index (χ3n) is 2.24. The first-order chi connectivity index (χ1) is 8.33. The van der Waals surface area contributed by atoms with Gasteiger partial charge in [-0.05, 0) is 45.4 Å². The smallest absolute Gasteiger partial charge is 0.149 e. The van der Waals surface area contributed by atoms with E-state index in [9.17, 15) is 5.11 Å². The Morgan fingerprint density at radius 2 is 2.00 bits per heavy atom. The highest BCUT2D eigenvalue weighted by atomic mass is 79.9. The molecule has 0 aliphatic heterocycles. The molecule has 0 amide bonds. The molecule has 0 fully saturated rings. The van der Waals surface area contributed by atoms with Crippen molar-refractivity contribution in [3.8, 4) is 17.6 Å². The van der Waals surface area contributed by atoms with Gasteiger partial charge in [0, 0.05) is 15.5 Å². The average molecular weight is 311 g/mol. The monoisotopic (exact) mass is 310 g/mol. The normalized spacial score (nSPS) is 10.8. The molecule has 0 bridgehead atoms. The van der Waals surface area contributed by atoms with Gasteiger partial charge in [-0.25, -0.2) is 0 Å². The van der Waals surface area contributed by atoms with Crippen molar-refractivity contribution in [1.82, 2.24) is 0 Å². The minimum absolute atomic E-state index is 0.0159. The number of aryl methyl sites for hydroxylation is 1. The van der Waals surface area contributed by atoms with Crippen molar-refractivity contribution in [2.75, 3.05) is 6.61 Å². The Hall–Kier alpha value is -0.980. The SMILES string of the molecule is Cc1cc(Br)cc(CO)c1OCC#CC(C)(C)C. The molecule has 1 aromatic carbocycles. The van der Waals surface area contributed by atoms with Crippen molar-refractivity contribution in [2.45, 2.75) is 34.3 Å². The highest BCUT2D eigenvalue weighted by molar-refractivity contribution is 9.10. The summed E-state index contributed by atoms with van der Waals surface area (Å²) < 4.78 is 6.60. The second-order valence-corrected chi connectivity index (χ2v) is 6.13. The standard InChI is InChI=1S/C15H19BrO2/c1-11-8-13(16)9-12(10-17)14(11)18-7-5-6-15(2,3)4/h8-9,17H,7,10H2,1-4H3. The Kier molecular flexibility index (Phi) is 5.25. The summed E-state index contributed by atoms with van der Waals surface area (Å²) in [6.45, 7) is 8.43. The fraction of sp³-hybridized carbons (Fsp3) is 0.467. The topological polar surface area (TPSA) is 29.5 Å². The van der Waals surface area contributed by atoms with Crippen molar-refractivity contribution < 1.29 is 9.84 Å². The lowest BCUT2D eigenvalue weighted by Gasteiger charge is -2.12. The maximum atomic E-state index is 9.32. The molecule has 98 valence electrons. The van der Waals surface area contributed by atoms with Gasteiger partial charge in [0.05, 0.1) is 6.61 Å². The van der Waals surface area contributed by atoms with Crippen LogP contribution in [0.3, 0.4) is 0 Å². The molecule has 0 atom stereocenters. The van der Waals surface area contributed by atoms with Gasteiger partial charge in [0.15, 0.2) is 0 Å². The molecule has 0 saturated carbocycles. The summed E-state index contributed by atoms with van der Waals surface area (Å²) >= 11 is 3.40. The van der Waals surface area contributed by atoms with Crippen LogP contribution in [-0.4, -0.2) is 11.7 Å². The Labute approximate surface area is 117 Å². The molecule has 0 radical (unpaired) electrons. The minimum Gasteiger partial charge on any atom is -0.480 e. The van der Waals surface area contributed by atoms with Gasteiger partial charge < -0.3 is 9.84 Å². The van der Waals surface area contributed by atoms with E-state index in [0.717, 1.165) is 21.3 Å². The summed E-state index contributed by atoms with van der Waals surface area (Å²) in [5.74, 6) is 6.84. The van der Waals surface area contributed by atoms with Gasteiger partial charge in [0.25, 0.3) is 0 Å². The van der Waals surface area contributed by atoms with Gasteiger partial charge in [-0.3, -0.25) is 0 Å². The number of hydrogen-bond donors (Lipinski definition) is 1. The van der Waals surface area contributed by atoms with Crippen LogP contribution in [0.2, 0.25) is 0 Å². The second kappa shape index (κ2) is 6.26. The Balaban J connectivity index is 2.81. The van der Waals surface area contributed by atoms with Crippen LogP contribution in [0.4, 0.5) is 0 Å². The molecule has 0 aliphatic rings. The third-order valence-corrected chi connectivity index (χ3v) is 2.70. The van der Waals surface area contributed by atoms with Gasteiger partial charge in [-0.15, -0.1) is 0 Å². The quantitative estimate of drug-likeness (QED) is 0.863. The molecule has 18 heavy (non-hydrogen) atoms. The van der Waals surface area contributed by atoms with E-state index >= 15 is 0 Å². The van der Waals surface area contributed by atoms with Crippen LogP contribution in [0.1, 0.15) is 31.9 Å². The number of ether oxygens (including phenoxy) is 1. The van der Waals surface area contributed by atoms with Crippen LogP contribution in [0.5, 0.6) is 5.75 Å². The number of rotatable bonds is 3. The van der Waals surface area contributed by atoms with Gasteiger partial charge >= 0.3 is 0 Å². The molecular formula is C15H19BrO2. The Morgan fingerprint density at radius 3 is 2.56 bits per heavy atom. The first kappa shape index (κ1) is 15.1. The first-order valence-corrected chi connectivity index (χ1v) is 6.65. The Bertz CT molecular complexity index is 476. The zero-order valence-corrected chi connectivity index (χ0v) is 12.9. The van der Waals surface area contributed by atoms with Crippen LogP contribution in [0.25, 0.3) is 0 Å². The van der Waals surface area contributed by atoms with Crippen LogP contribution >= 0.6 is 15.9 Å². The van der Waals surface area contributed by atoms with Crippen molar-refractivity contribution in [3.63, 3.8) is 0 Å². The lowest BCUT2D eigenvalue weighted by Crippen LogP contribution is -2.03. The molecular weight excluding hydrogens is 292 g/mol. The van der Waals surface area contributed by atoms with Crippen molar-refractivity contribution >= 4 is 15.9 Å². The fourth-order valence-electron chi connectivity index (χ4n) is 1.53. The van der Waals surface area contributed by atoms with E-state index in [0.29, 0.717) is 6.61 Å². The van der Waals surface area contributed by atoms with E-state index < -0.39 is 0 Å². The van der Waals surface area contributed by atoms with Crippen molar-refractivity contribution in [2.24, 2.45) is 5.41 Å². The van der Waals surface area contributed by atoms with Gasteiger partial charge in [0.1, 0.15) is 12.4 Å². The number of benzene rings is 1. The molecule has 0 unspecified atom stereocenters. The summed E-state index contributed by atoms with van der Waals surface area (Å²) in [5, 5.41) is 9.32. The maximum absolute atomic E-state index is 9.32. The summed E-state index contributed by atoms with van der Waals surface area (Å²) in [5.41, 5.74) is 1.75. The lowest BCUT2D eigenvalue weighted by atomic mass is 9.98. The zero-order chi connectivity index (χ0) is 13.8. The second-order valence-electron chi connectivity index (χ2n) is 5.21. The van der Waals surface area contributed by atoms with E-state index in [1.54, 1.807) is 0 Å². The number of aliphatic hydroxyl groups excluding tert-OH is 1. The third kappa shape index (κ3) is 4.72. The highest BCUT2D eigenvalue weighted by Gasteiger charge is 2.08. The van der Waals surface area contributed by atoms with Gasteiger partial charge in [0.2, 0.25) is 0 Å². The zero-order valence-electron chi connectivity index (χ0n) is 11.3. The van der Waals surface area contributed by atoms with E-state index in [4.69, 9.17) is 4.74 Å². The minimum atomic E-state index is -0.0394. The largest absolute Gasteiger partial charge is 0.480 e. The van der Waals surface area contributed by atoms with Crippen LogP contribution in [0, 0.1) is 24.2 Å².